The summed E-state index contributed by atoms with van der Waals surface area (Å²) in [5, 5.41) is 8.83. The van der Waals surface area contributed by atoms with Gasteiger partial charge in [-0.25, -0.2) is 9.78 Å². The van der Waals surface area contributed by atoms with E-state index in [-0.39, 0.29) is 23.8 Å². The molecule has 0 radical (unpaired) electrons. The lowest BCUT2D eigenvalue weighted by atomic mass is 10.2. The number of carbonyl (C=O) groups is 3. The number of amides is 2. The Morgan fingerprint density at radius 1 is 1.26 bits per heavy atom. The van der Waals surface area contributed by atoms with E-state index in [0.717, 1.165) is 0 Å². The molecule has 0 saturated carbocycles. The van der Waals surface area contributed by atoms with Gasteiger partial charge < -0.3 is 14.9 Å². The summed E-state index contributed by atoms with van der Waals surface area (Å²) in [6, 6.07) is 4.22. The van der Waals surface area contributed by atoms with E-state index < -0.39 is 11.9 Å². The van der Waals surface area contributed by atoms with Crippen molar-refractivity contribution in [1.82, 2.24) is 14.8 Å². The van der Waals surface area contributed by atoms with E-state index in [0.29, 0.717) is 13.1 Å². The molecule has 0 unspecified atom stereocenters. The van der Waals surface area contributed by atoms with Crippen molar-refractivity contribution in [3.63, 3.8) is 0 Å². The molecule has 2 heterocycles. The van der Waals surface area contributed by atoms with Gasteiger partial charge in [-0.1, -0.05) is 6.07 Å². The minimum absolute atomic E-state index is 0.00564. The van der Waals surface area contributed by atoms with Crippen molar-refractivity contribution in [3.05, 3.63) is 29.6 Å². The van der Waals surface area contributed by atoms with Crippen LogP contribution in [0.15, 0.2) is 18.2 Å². The molecule has 1 N–H and O–H groups in total. The van der Waals surface area contributed by atoms with E-state index >= 15 is 0 Å². The SMILES string of the molecule is CN1CCN(C(=O)c2cccc(C(=O)O)n2)CC1=O. The normalized spacial score (nSPS) is 15.5. The number of carbonyl (C=O) groups excluding carboxylic acids is 2. The van der Waals surface area contributed by atoms with Crippen molar-refractivity contribution in [1.29, 1.82) is 0 Å². The molecule has 2 rings (SSSR count). The first-order valence-electron chi connectivity index (χ1n) is 5.72. The van der Waals surface area contributed by atoms with Crippen molar-refractivity contribution >= 4 is 17.8 Å². The quantitative estimate of drug-likeness (QED) is 0.790. The van der Waals surface area contributed by atoms with Gasteiger partial charge >= 0.3 is 5.97 Å². The molecule has 19 heavy (non-hydrogen) atoms. The Morgan fingerprint density at radius 3 is 2.58 bits per heavy atom. The minimum atomic E-state index is -1.19. The molecule has 0 aliphatic carbocycles. The molecule has 1 aliphatic rings. The minimum Gasteiger partial charge on any atom is -0.477 e. The molecule has 1 aliphatic heterocycles. The van der Waals surface area contributed by atoms with Crippen LogP contribution in [0.2, 0.25) is 0 Å². The van der Waals surface area contributed by atoms with Crippen LogP contribution >= 0.6 is 0 Å². The number of hydrogen-bond acceptors (Lipinski definition) is 4. The highest BCUT2D eigenvalue weighted by molar-refractivity contribution is 5.96. The number of hydrogen-bond donors (Lipinski definition) is 1. The summed E-state index contributed by atoms with van der Waals surface area (Å²) in [5.41, 5.74) is -0.149. The molecule has 100 valence electrons. The number of rotatable bonds is 2. The van der Waals surface area contributed by atoms with Gasteiger partial charge in [-0.15, -0.1) is 0 Å². The number of piperazine rings is 1. The fourth-order valence-electron chi connectivity index (χ4n) is 1.77. The lowest BCUT2D eigenvalue weighted by Gasteiger charge is -2.31. The first-order valence-corrected chi connectivity index (χ1v) is 5.72. The summed E-state index contributed by atoms with van der Waals surface area (Å²) in [6.45, 7) is 0.873. The summed E-state index contributed by atoms with van der Waals surface area (Å²) < 4.78 is 0. The molecule has 7 heteroatoms. The summed E-state index contributed by atoms with van der Waals surface area (Å²) in [7, 11) is 1.67. The van der Waals surface area contributed by atoms with Crippen LogP contribution in [0.25, 0.3) is 0 Å². The monoisotopic (exact) mass is 263 g/mol. The van der Waals surface area contributed by atoms with E-state index in [2.05, 4.69) is 4.98 Å². The van der Waals surface area contributed by atoms with Crippen LogP contribution in [0.4, 0.5) is 0 Å². The third kappa shape index (κ3) is 2.70. The Labute approximate surface area is 109 Å². The number of nitrogens with zero attached hydrogens (tertiary/aromatic N) is 3. The van der Waals surface area contributed by atoms with E-state index in [1.54, 1.807) is 11.9 Å². The van der Waals surface area contributed by atoms with Crippen LogP contribution < -0.4 is 0 Å². The highest BCUT2D eigenvalue weighted by atomic mass is 16.4. The van der Waals surface area contributed by atoms with Gasteiger partial charge in [0, 0.05) is 20.1 Å². The second kappa shape index (κ2) is 5.05. The molecule has 1 aromatic rings. The third-order valence-electron chi connectivity index (χ3n) is 2.93. The van der Waals surface area contributed by atoms with Gasteiger partial charge in [0.15, 0.2) is 0 Å². The Kier molecular flexibility index (Phi) is 3.46. The molecule has 1 fully saturated rings. The largest absolute Gasteiger partial charge is 0.477 e. The molecular formula is C12H13N3O4. The molecular weight excluding hydrogens is 250 g/mol. The maximum absolute atomic E-state index is 12.1. The Hall–Kier alpha value is -2.44. The van der Waals surface area contributed by atoms with Crippen LogP contribution in [-0.4, -0.2) is 64.4 Å². The average Bonchev–Trinajstić information content (AvgIpc) is 2.41. The third-order valence-corrected chi connectivity index (χ3v) is 2.93. The molecule has 1 saturated heterocycles. The summed E-state index contributed by atoms with van der Waals surface area (Å²) in [5.74, 6) is -1.76. The zero-order chi connectivity index (χ0) is 14.0. The topological polar surface area (TPSA) is 90.8 Å². The number of aromatic carboxylic acids is 1. The zero-order valence-electron chi connectivity index (χ0n) is 10.4. The number of likely N-dealkylation sites (N-methyl/N-ethyl adjacent to an activating group) is 1. The number of carboxylic acids is 1. The van der Waals surface area contributed by atoms with Crippen LogP contribution in [-0.2, 0) is 4.79 Å². The predicted molar refractivity (Wildman–Crippen MR) is 64.7 cm³/mol. The number of aromatic nitrogens is 1. The van der Waals surface area contributed by atoms with Gasteiger partial charge in [0.05, 0.1) is 0 Å². The van der Waals surface area contributed by atoms with Crippen LogP contribution in [0.5, 0.6) is 0 Å². The van der Waals surface area contributed by atoms with Crippen LogP contribution in [0.1, 0.15) is 21.0 Å². The van der Waals surface area contributed by atoms with E-state index in [9.17, 15) is 14.4 Å². The molecule has 7 nitrogen and oxygen atoms in total. The van der Waals surface area contributed by atoms with Gasteiger partial charge in [-0.05, 0) is 12.1 Å². The van der Waals surface area contributed by atoms with E-state index in [4.69, 9.17) is 5.11 Å². The number of pyridine rings is 1. The fourth-order valence-corrected chi connectivity index (χ4v) is 1.77. The molecule has 0 spiro atoms. The van der Waals surface area contributed by atoms with Gasteiger partial charge in [0.1, 0.15) is 17.9 Å². The Morgan fingerprint density at radius 2 is 1.95 bits per heavy atom. The lowest BCUT2D eigenvalue weighted by Crippen LogP contribution is -2.50. The van der Waals surface area contributed by atoms with Crippen molar-refractivity contribution in [2.45, 2.75) is 0 Å². The highest BCUT2D eigenvalue weighted by Gasteiger charge is 2.26. The van der Waals surface area contributed by atoms with Crippen molar-refractivity contribution in [2.75, 3.05) is 26.7 Å². The van der Waals surface area contributed by atoms with Crippen molar-refractivity contribution in [3.8, 4) is 0 Å². The first-order chi connectivity index (χ1) is 8.99. The first kappa shape index (κ1) is 13.0. The standard InChI is InChI=1S/C12H13N3O4/c1-14-5-6-15(7-10(14)16)11(17)8-3-2-4-9(13-8)12(18)19/h2-4H,5-7H2,1H3,(H,18,19). The Balaban J connectivity index is 2.18. The van der Waals surface area contributed by atoms with Gasteiger partial charge in [-0.3, -0.25) is 9.59 Å². The van der Waals surface area contributed by atoms with Crippen molar-refractivity contribution < 1.29 is 19.5 Å². The van der Waals surface area contributed by atoms with Gasteiger partial charge in [-0.2, -0.15) is 0 Å². The highest BCUT2D eigenvalue weighted by Crippen LogP contribution is 2.08. The van der Waals surface area contributed by atoms with Gasteiger partial charge in [0.25, 0.3) is 5.91 Å². The van der Waals surface area contributed by atoms with Gasteiger partial charge in [0.2, 0.25) is 5.91 Å². The summed E-state index contributed by atoms with van der Waals surface area (Å²) in [6.07, 6.45) is 0. The Bertz CT molecular complexity index is 544. The zero-order valence-corrected chi connectivity index (χ0v) is 10.4. The predicted octanol–water partition coefficient (Wildman–Crippen LogP) is -0.306. The molecule has 0 atom stereocenters. The lowest BCUT2D eigenvalue weighted by molar-refractivity contribution is -0.133. The molecule has 0 bridgehead atoms. The summed E-state index contributed by atoms with van der Waals surface area (Å²) >= 11 is 0. The van der Waals surface area contributed by atoms with E-state index in [1.165, 1.54) is 23.1 Å². The van der Waals surface area contributed by atoms with E-state index in [1.807, 2.05) is 0 Å². The molecule has 0 aromatic carbocycles. The number of carboxylic acid groups (broad SMARTS) is 1. The average molecular weight is 263 g/mol. The fraction of sp³-hybridized carbons (Fsp3) is 0.333. The smallest absolute Gasteiger partial charge is 0.354 e. The van der Waals surface area contributed by atoms with Crippen LogP contribution in [0.3, 0.4) is 0 Å². The second-order valence-corrected chi connectivity index (χ2v) is 4.26. The maximum atomic E-state index is 12.1. The van der Waals surface area contributed by atoms with Crippen molar-refractivity contribution in [2.24, 2.45) is 0 Å². The molecule has 2 amide bonds. The maximum Gasteiger partial charge on any atom is 0.354 e. The molecule has 1 aromatic heterocycles. The summed E-state index contributed by atoms with van der Waals surface area (Å²) in [4.78, 5) is 41.2. The second-order valence-electron chi connectivity index (χ2n) is 4.26. The van der Waals surface area contributed by atoms with Crippen LogP contribution in [0, 0.1) is 0 Å².